The normalized spacial score (nSPS) is 13.0. The average molecular weight is 334 g/mol. The molecule has 0 aromatic heterocycles. The summed E-state index contributed by atoms with van der Waals surface area (Å²) >= 11 is 0. The third kappa shape index (κ3) is 5.27. The van der Waals surface area contributed by atoms with E-state index in [1.54, 1.807) is 0 Å². The highest BCUT2D eigenvalue weighted by Gasteiger charge is 2.12. The summed E-state index contributed by atoms with van der Waals surface area (Å²) < 4.78 is 12.0. The first-order valence-corrected chi connectivity index (χ1v) is 9.64. The van der Waals surface area contributed by atoms with E-state index in [0.717, 1.165) is 24.3 Å². The summed E-state index contributed by atoms with van der Waals surface area (Å²) in [6.07, 6.45) is 2.29. The summed E-state index contributed by atoms with van der Waals surface area (Å²) in [5.41, 5.74) is 2.38. The van der Waals surface area contributed by atoms with Crippen LogP contribution in [0, 0.1) is 13.8 Å². The molecule has 2 atom stereocenters. The Hall–Kier alpha value is -1.10. The predicted molar refractivity (Wildman–Crippen MR) is 98.9 cm³/mol. The molecule has 2 aromatic rings. The van der Waals surface area contributed by atoms with Crippen molar-refractivity contribution in [1.82, 2.24) is 0 Å². The van der Waals surface area contributed by atoms with E-state index in [9.17, 15) is 0 Å². The fraction of sp³-hybridized carbons (Fsp3) is 0.333. The molecule has 2 aromatic carbocycles. The summed E-state index contributed by atoms with van der Waals surface area (Å²) in [7, 11) is 0.880. The van der Waals surface area contributed by atoms with Crippen molar-refractivity contribution in [1.29, 1.82) is 0 Å². The van der Waals surface area contributed by atoms with Gasteiger partial charge in [-0.3, -0.25) is 0 Å². The summed E-state index contributed by atoms with van der Waals surface area (Å²) in [5.74, 6) is 1.98. The number of para-hydroxylation sites is 2. The Morgan fingerprint density at radius 2 is 1.27 bits per heavy atom. The molecule has 0 aliphatic rings. The Bertz CT molecular complexity index is 537. The molecule has 0 bridgehead atoms. The first kappa shape index (κ1) is 17.3. The van der Waals surface area contributed by atoms with E-state index in [0.29, 0.717) is 23.0 Å². The summed E-state index contributed by atoms with van der Waals surface area (Å²) in [5, 5.41) is 0.462. The maximum absolute atomic E-state index is 6.02. The van der Waals surface area contributed by atoms with E-state index in [-0.39, 0.29) is 0 Å². The van der Waals surface area contributed by atoms with Crippen molar-refractivity contribution in [3.8, 4) is 11.5 Å². The van der Waals surface area contributed by atoms with Crippen molar-refractivity contribution >= 4 is 17.6 Å². The van der Waals surface area contributed by atoms with Gasteiger partial charge in [0.15, 0.2) is 0 Å². The maximum atomic E-state index is 6.02. The number of hydrogen-bond acceptors (Lipinski definition) is 2. The maximum Gasteiger partial charge on any atom is 0.125 e. The van der Waals surface area contributed by atoms with Gasteiger partial charge in [-0.15, -0.1) is 0 Å². The molecule has 118 valence electrons. The molecule has 0 saturated heterocycles. The third-order valence-electron chi connectivity index (χ3n) is 3.39. The van der Waals surface area contributed by atoms with Crippen LogP contribution >= 0.6 is 17.6 Å². The smallest absolute Gasteiger partial charge is 0.125 e. The minimum absolute atomic E-state index is 0.440. The largest absolute Gasteiger partial charge is 0.476 e. The molecule has 0 fully saturated rings. The first-order chi connectivity index (χ1) is 10.7. The lowest BCUT2D eigenvalue weighted by molar-refractivity contribution is 0.598. The monoisotopic (exact) mass is 334 g/mol. The van der Waals surface area contributed by atoms with Crippen molar-refractivity contribution in [2.45, 2.75) is 39.0 Å². The second kappa shape index (κ2) is 9.13. The van der Waals surface area contributed by atoms with Crippen molar-refractivity contribution in [3.05, 3.63) is 59.7 Å². The van der Waals surface area contributed by atoms with Gasteiger partial charge >= 0.3 is 0 Å². The van der Waals surface area contributed by atoms with Gasteiger partial charge in [0.2, 0.25) is 0 Å². The summed E-state index contributed by atoms with van der Waals surface area (Å²) in [4.78, 5) is 0. The lowest BCUT2D eigenvalue weighted by Crippen LogP contribution is -1.98. The van der Waals surface area contributed by atoms with Gasteiger partial charge in [0.1, 0.15) is 11.5 Å². The molecule has 0 heterocycles. The van der Waals surface area contributed by atoms with Crippen LogP contribution in [-0.4, -0.2) is 5.40 Å². The molecule has 0 aliphatic carbocycles. The lowest BCUT2D eigenvalue weighted by Gasteiger charge is -2.18. The average Bonchev–Trinajstić information content (AvgIpc) is 2.53. The number of hydrogen-bond donors (Lipinski definition) is 0. The highest BCUT2D eigenvalue weighted by molar-refractivity contribution is 7.52. The fourth-order valence-electron chi connectivity index (χ4n) is 2.04. The van der Waals surface area contributed by atoms with Crippen LogP contribution < -0.4 is 9.05 Å². The topological polar surface area (TPSA) is 18.5 Å². The molecule has 22 heavy (non-hydrogen) atoms. The minimum atomic E-state index is 0.440. The summed E-state index contributed by atoms with van der Waals surface area (Å²) in [6.45, 7) is 6.38. The van der Waals surface area contributed by atoms with E-state index >= 15 is 0 Å². The third-order valence-corrected chi connectivity index (χ3v) is 5.92. The van der Waals surface area contributed by atoms with Gasteiger partial charge in [-0.25, -0.2) is 0 Å². The van der Waals surface area contributed by atoms with Gasteiger partial charge in [0.05, 0.1) is 23.0 Å². The molecule has 0 N–H and O–H groups in total. The van der Waals surface area contributed by atoms with Crippen LogP contribution in [0.25, 0.3) is 0 Å². The predicted octanol–water partition coefficient (Wildman–Crippen LogP) is 6.07. The van der Waals surface area contributed by atoms with Crippen LogP contribution in [0.3, 0.4) is 0 Å². The second-order valence-corrected chi connectivity index (χ2v) is 8.16. The van der Waals surface area contributed by atoms with Crippen LogP contribution in [0.15, 0.2) is 48.5 Å². The number of benzene rings is 2. The molecule has 0 aliphatic heterocycles. The van der Waals surface area contributed by atoms with Crippen LogP contribution in [-0.2, 0) is 0 Å². The van der Waals surface area contributed by atoms with Gasteiger partial charge in [-0.1, -0.05) is 49.7 Å². The lowest BCUT2D eigenvalue weighted by atomic mass is 10.2. The number of rotatable bonds is 8. The standard InChI is InChI=1S/C18H24O2P2/c1-4-9-18(21-19-16-12-7-5-10-14(16)2)22-20-17-13-8-6-11-15(17)3/h5-8,10-13,18,21-22H,4,9H2,1-3H3. The van der Waals surface area contributed by atoms with Crippen molar-refractivity contribution < 1.29 is 9.05 Å². The van der Waals surface area contributed by atoms with Crippen LogP contribution in [0.2, 0.25) is 0 Å². The van der Waals surface area contributed by atoms with Gasteiger partial charge in [0, 0.05) is 0 Å². The highest BCUT2D eigenvalue weighted by atomic mass is 31.1. The van der Waals surface area contributed by atoms with Gasteiger partial charge < -0.3 is 9.05 Å². The Morgan fingerprint density at radius 3 is 1.68 bits per heavy atom. The van der Waals surface area contributed by atoms with E-state index in [2.05, 4.69) is 32.9 Å². The minimum Gasteiger partial charge on any atom is -0.476 e. The quantitative estimate of drug-likeness (QED) is 0.545. The molecule has 0 saturated carbocycles. The Kier molecular flexibility index (Phi) is 7.16. The van der Waals surface area contributed by atoms with Crippen molar-refractivity contribution in [2.24, 2.45) is 0 Å². The SMILES string of the molecule is CCCC(POc1ccccc1C)POc1ccccc1C. The molecule has 2 nitrogen and oxygen atoms in total. The van der Waals surface area contributed by atoms with E-state index in [1.165, 1.54) is 11.1 Å². The Balaban J connectivity index is 1.90. The van der Waals surface area contributed by atoms with Gasteiger partial charge in [-0.2, -0.15) is 0 Å². The Labute approximate surface area is 137 Å². The zero-order valence-corrected chi connectivity index (χ0v) is 15.4. The van der Waals surface area contributed by atoms with Crippen molar-refractivity contribution in [3.63, 3.8) is 0 Å². The van der Waals surface area contributed by atoms with E-state index < -0.39 is 0 Å². The van der Waals surface area contributed by atoms with E-state index in [4.69, 9.17) is 9.05 Å². The Morgan fingerprint density at radius 1 is 0.818 bits per heavy atom. The van der Waals surface area contributed by atoms with Crippen LogP contribution in [0.1, 0.15) is 30.9 Å². The fourth-order valence-corrected chi connectivity index (χ4v) is 4.40. The molecule has 0 radical (unpaired) electrons. The second-order valence-electron chi connectivity index (χ2n) is 5.31. The van der Waals surface area contributed by atoms with E-state index in [1.807, 2.05) is 36.4 Å². The molecular formula is C18H24O2P2. The molecular weight excluding hydrogens is 310 g/mol. The highest BCUT2D eigenvalue weighted by Crippen LogP contribution is 2.41. The molecule has 2 unspecified atom stereocenters. The van der Waals surface area contributed by atoms with Gasteiger partial charge in [0.25, 0.3) is 0 Å². The first-order valence-electron chi connectivity index (χ1n) is 7.66. The molecule has 4 heteroatoms. The van der Waals surface area contributed by atoms with Gasteiger partial charge in [-0.05, 0) is 43.5 Å². The number of aryl methyl sites for hydroxylation is 2. The zero-order chi connectivity index (χ0) is 15.8. The van der Waals surface area contributed by atoms with Crippen LogP contribution in [0.4, 0.5) is 0 Å². The van der Waals surface area contributed by atoms with Crippen molar-refractivity contribution in [2.75, 3.05) is 0 Å². The summed E-state index contributed by atoms with van der Waals surface area (Å²) in [6, 6.07) is 16.4. The molecule has 0 spiro atoms. The van der Waals surface area contributed by atoms with Crippen LogP contribution in [0.5, 0.6) is 11.5 Å². The molecule has 0 amide bonds. The zero-order valence-electron chi connectivity index (χ0n) is 13.4. The molecule has 2 rings (SSSR count).